The number of hydrogen-bond acceptors (Lipinski definition) is 3. The minimum Gasteiger partial charge on any atom is -0.309 e. The van der Waals surface area contributed by atoms with Crippen molar-refractivity contribution in [2.75, 3.05) is 26.4 Å². The maximum atomic E-state index is 12.6. The second-order valence-electron chi connectivity index (χ2n) is 13.8. The maximum absolute atomic E-state index is 12.6. The zero-order valence-electron chi connectivity index (χ0n) is 32.0. The van der Waals surface area contributed by atoms with E-state index in [4.69, 9.17) is 0 Å². The average Bonchev–Trinajstić information content (AvgIpc) is 3.05. The number of carbonyl (C=O) groups excluding carboxylic acids is 1. The van der Waals surface area contributed by atoms with Crippen molar-refractivity contribution in [1.29, 1.82) is 0 Å². The van der Waals surface area contributed by atoms with Crippen molar-refractivity contribution in [2.45, 2.75) is 187 Å². The van der Waals surface area contributed by atoms with Crippen molar-refractivity contribution >= 4 is 16.9 Å². The van der Waals surface area contributed by atoms with Crippen LogP contribution in [0, 0.1) is 0 Å². The number of rotatable bonds is 35. The molecule has 0 aromatic carbocycles. The Balaban J connectivity index is 4.08. The number of carbonyl (C=O) groups is 1. The molecule has 0 heterocycles. The molecule has 47 heavy (non-hydrogen) atoms. The Kier molecular flexibility index (Phi) is 38.0. The van der Waals surface area contributed by atoms with Crippen molar-refractivity contribution in [3.05, 3.63) is 60.3 Å². The molecular formula is C44H79NOS. The van der Waals surface area contributed by atoms with Gasteiger partial charge in [-0.25, -0.2) is 0 Å². The van der Waals surface area contributed by atoms with E-state index in [9.17, 15) is 4.79 Å². The Labute approximate surface area is 299 Å². The molecule has 0 N–H and O–H groups in total. The van der Waals surface area contributed by atoms with Crippen LogP contribution in [-0.4, -0.2) is 36.4 Å². The molecule has 0 fully saturated rings. The van der Waals surface area contributed by atoms with Gasteiger partial charge in [0, 0.05) is 12.3 Å². The summed E-state index contributed by atoms with van der Waals surface area (Å²) in [6.07, 6.45) is 55.2. The SMILES string of the molecule is CCCCCC/C=C\C/C=C\CCCCCCCCC(=CC(=O)SCCN(C)C)CCCCCCC/C=C\C/C=C\CCCCCC. The molecule has 0 bridgehead atoms. The van der Waals surface area contributed by atoms with Crippen LogP contribution in [0.2, 0.25) is 0 Å². The second kappa shape index (κ2) is 39.1. The zero-order chi connectivity index (χ0) is 34.3. The van der Waals surface area contributed by atoms with Gasteiger partial charge >= 0.3 is 0 Å². The molecule has 0 atom stereocenters. The lowest BCUT2D eigenvalue weighted by molar-refractivity contribution is -0.107. The van der Waals surface area contributed by atoms with Crippen LogP contribution in [0.25, 0.3) is 0 Å². The summed E-state index contributed by atoms with van der Waals surface area (Å²) in [5.74, 6) is 0.879. The van der Waals surface area contributed by atoms with Crippen molar-refractivity contribution in [3.63, 3.8) is 0 Å². The fraction of sp³-hybridized carbons (Fsp3) is 0.750. The first kappa shape index (κ1) is 45.7. The van der Waals surface area contributed by atoms with Crippen LogP contribution in [0.3, 0.4) is 0 Å². The highest BCUT2D eigenvalue weighted by Gasteiger charge is 2.05. The second-order valence-corrected chi connectivity index (χ2v) is 14.9. The highest BCUT2D eigenvalue weighted by Crippen LogP contribution is 2.20. The fourth-order valence-electron chi connectivity index (χ4n) is 5.66. The first-order chi connectivity index (χ1) is 23.1. The van der Waals surface area contributed by atoms with Gasteiger partial charge in [-0.1, -0.05) is 163 Å². The average molecular weight is 670 g/mol. The van der Waals surface area contributed by atoms with Gasteiger partial charge in [-0.3, -0.25) is 4.79 Å². The summed E-state index contributed by atoms with van der Waals surface area (Å²) in [5, 5.41) is 0.260. The quantitative estimate of drug-likeness (QED) is 0.0380. The lowest BCUT2D eigenvalue weighted by Crippen LogP contribution is -2.15. The molecule has 0 aliphatic heterocycles. The van der Waals surface area contributed by atoms with Crippen molar-refractivity contribution in [1.82, 2.24) is 4.90 Å². The monoisotopic (exact) mass is 670 g/mol. The molecule has 0 unspecified atom stereocenters. The minimum atomic E-state index is 0.260. The molecule has 0 aromatic heterocycles. The minimum absolute atomic E-state index is 0.260. The van der Waals surface area contributed by atoms with E-state index < -0.39 is 0 Å². The van der Waals surface area contributed by atoms with E-state index in [1.165, 1.54) is 165 Å². The van der Waals surface area contributed by atoms with Crippen molar-refractivity contribution in [2.24, 2.45) is 0 Å². The molecule has 0 radical (unpaired) electrons. The maximum Gasteiger partial charge on any atom is 0.212 e. The van der Waals surface area contributed by atoms with Crippen molar-refractivity contribution in [3.8, 4) is 0 Å². The summed E-state index contributed by atoms with van der Waals surface area (Å²) in [7, 11) is 4.15. The van der Waals surface area contributed by atoms with Gasteiger partial charge in [0.1, 0.15) is 0 Å². The largest absolute Gasteiger partial charge is 0.309 e. The Morgan fingerprint density at radius 3 is 1.23 bits per heavy atom. The van der Waals surface area contributed by atoms with Crippen LogP contribution in [0.5, 0.6) is 0 Å². The van der Waals surface area contributed by atoms with Gasteiger partial charge in [0.15, 0.2) is 0 Å². The van der Waals surface area contributed by atoms with Crippen LogP contribution < -0.4 is 0 Å². The Morgan fingerprint density at radius 2 is 0.851 bits per heavy atom. The smallest absolute Gasteiger partial charge is 0.212 e. The molecule has 0 rings (SSSR count). The predicted molar refractivity (Wildman–Crippen MR) is 217 cm³/mol. The van der Waals surface area contributed by atoms with Crippen LogP contribution >= 0.6 is 11.8 Å². The molecule has 0 saturated carbocycles. The third-order valence-corrected chi connectivity index (χ3v) is 9.54. The summed E-state index contributed by atoms with van der Waals surface area (Å²) in [5.41, 5.74) is 1.40. The third kappa shape index (κ3) is 39.0. The van der Waals surface area contributed by atoms with Gasteiger partial charge in [-0.2, -0.15) is 0 Å². The van der Waals surface area contributed by atoms with Gasteiger partial charge in [0.25, 0.3) is 0 Å². The summed E-state index contributed by atoms with van der Waals surface area (Å²) in [4.78, 5) is 14.8. The van der Waals surface area contributed by atoms with E-state index >= 15 is 0 Å². The molecule has 0 amide bonds. The number of thioether (sulfide) groups is 1. The Morgan fingerprint density at radius 1 is 0.489 bits per heavy atom. The lowest BCUT2D eigenvalue weighted by atomic mass is 9.99. The van der Waals surface area contributed by atoms with E-state index in [0.29, 0.717) is 0 Å². The van der Waals surface area contributed by atoms with Gasteiger partial charge < -0.3 is 4.90 Å². The van der Waals surface area contributed by atoms with Gasteiger partial charge in [0.2, 0.25) is 5.12 Å². The molecule has 0 spiro atoms. The number of hydrogen-bond donors (Lipinski definition) is 0. The molecule has 0 aromatic rings. The Hall–Kier alpha value is -1.32. The molecule has 3 heteroatoms. The lowest BCUT2D eigenvalue weighted by Gasteiger charge is -2.09. The highest BCUT2D eigenvalue weighted by atomic mass is 32.2. The molecule has 0 aliphatic rings. The van der Waals surface area contributed by atoms with Gasteiger partial charge in [-0.15, -0.1) is 0 Å². The van der Waals surface area contributed by atoms with Crippen LogP contribution in [0.4, 0.5) is 0 Å². The first-order valence-corrected chi connectivity index (χ1v) is 21.2. The third-order valence-electron chi connectivity index (χ3n) is 8.75. The van der Waals surface area contributed by atoms with Gasteiger partial charge in [-0.05, 0) is 110 Å². The predicted octanol–water partition coefficient (Wildman–Crippen LogP) is 14.5. The normalized spacial score (nSPS) is 12.7. The van der Waals surface area contributed by atoms with Crippen LogP contribution in [0.15, 0.2) is 60.3 Å². The van der Waals surface area contributed by atoms with Gasteiger partial charge in [0.05, 0.1) is 0 Å². The van der Waals surface area contributed by atoms with E-state index in [0.717, 1.165) is 38.0 Å². The molecule has 272 valence electrons. The number of nitrogens with zero attached hydrogens (tertiary/aromatic N) is 1. The first-order valence-electron chi connectivity index (χ1n) is 20.2. The summed E-state index contributed by atoms with van der Waals surface area (Å²) >= 11 is 1.49. The highest BCUT2D eigenvalue weighted by molar-refractivity contribution is 8.14. The van der Waals surface area contributed by atoms with Crippen LogP contribution in [0.1, 0.15) is 187 Å². The number of unbranched alkanes of at least 4 members (excludes halogenated alkanes) is 19. The fourth-order valence-corrected chi connectivity index (χ4v) is 6.57. The van der Waals surface area contributed by atoms with E-state index in [1.807, 2.05) is 6.08 Å². The summed E-state index contributed by atoms with van der Waals surface area (Å²) < 4.78 is 0. The standard InChI is InChI=1S/C44H79NOS/c1-5-7-9-11-13-15-17-19-21-23-25-27-29-31-33-35-37-39-43(42-44(46)47-41-40-45(3)4)38-36-34-32-30-28-26-24-22-20-18-16-14-12-10-8-6-2/h15-18,21-24,42H,5-14,19-20,25-41H2,1-4H3/b17-15-,18-16-,23-21-,24-22-,43-42?. The topological polar surface area (TPSA) is 20.3 Å². The molecule has 0 aliphatic carbocycles. The molecular weight excluding hydrogens is 591 g/mol. The van der Waals surface area contributed by atoms with E-state index in [2.05, 4.69) is 81.5 Å². The van der Waals surface area contributed by atoms with E-state index in [1.54, 1.807) is 0 Å². The molecule has 2 nitrogen and oxygen atoms in total. The summed E-state index contributed by atoms with van der Waals surface area (Å²) in [6, 6.07) is 0. The van der Waals surface area contributed by atoms with Crippen molar-refractivity contribution < 1.29 is 4.79 Å². The van der Waals surface area contributed by atoms with Crippen LogP contribution in [-0.2, 0) is 4.79 Å². The molecule has 0 saturated heterocycles. The Bertz CT molecular complexity index is 806. The van der Waals surface area contributed by atoms with E-state index in [-0.39, 0.29) is 5.12 Å². The number of allylic oxidation sites excluding steroid dienone is 9. The zero-order valence-corrected chi connectivity index (χ0v) is 32.8. The summed E-state index contributed by atoms with van der Waals surface area (Å²) in [6.45, 7) is 5.50.